The summed E-state index contributed by atoms with van der Waals surface area (Å²) in [6.07, 6.45) is 4.73. The molecule has 3 fully saturated rings. The van der Waals surface area contributed by atoms with E-state index in [1.807, 2.05) is 0 Å². The lowest BCUT2D eigenvalue weighted by Gasteiger charge is -2.55. The molecule has 3 aliphatic carbocycles. The highest BCUT2D eigenvalue weighted by atomic mass is 79.9. The van der Waals surface area contributed by atoms with E-state index < -0.39 is 5.60 Å². The molecule has 3 rings (SSSR count). The van der Waals surface area contributed by atoms with Crippen molar-refractivity contribution in [2.45, 2.75) is 63.8 Å². The number of fused-ring (bicyclic) bond motifs is 3. The Kier molecular flexibility index (Phi) is 2.42. The number of halogens is 1. The fourth-order valence-corrected chi connectivity index (χ4v) is 6.13. The fraction of sp³-hybridized carbons (Fsp3) is 1.00. The zero-order valence-electron chi connectivity index (χ0n) is 11.5. The molecule has 17 heavy (non-hydrogen) atoms. The maximum Gasteiger partial charge on any atom is 0.0656 e. The van der Waals surface area contributed by atoms with Crippen LogP contribution in [-0.4, -0.2) is 15.5 Å². The van der Waals surface area contributed by atoms with Crippen LogP contribution in [0.2, 0.25) is 0 Å². The molecule has 0 radical (unpaired) electrons. The Balaban J connectivity index is 2.01. The first-order valence-corrected chi connectivity index (χ1v) is 7.99. The second kappa shape index (κ2) is 3.30. The van der Waals surface area contributed by atoms with Gasteiger partial charge < -0.3 is 5.11 Å². The second-order valence-electron chi connectivity index (χ2n) is 7.84. The van der Waals surface area contributed by atoms with Gasteiger partial charge in [-0.2, -0.15) is 0 Å². The number of rotatable bonds is 0. The molecule has 1 nitrogen and oxygen atoms in total. The minimum Gasteiger partial charge on any atom is -0.390 e. The van der Waals surface area contributed by atoms with Crippen molar-refractivity contribution in [2.75, 3.05) is 0 Å². The molecule has 1 unspecified atom stereocenters. The first kappa shape index (κ1) is 12.5. The van der Waals surface area contributed by atoms with E-state index in [2.05, 4.69) is 43.6 Å². The molecule has 3 saturated carbocycles. The molecule has 1 N–H and O–H groups in total. The number of hydrogen-bond donors (Lipinski definition) is 1. The summed E-state index contributed by atoms with van der Waals surface area (Å²) < 4.78 is 0. The minimum absolute atomic E-state index is 0.302. The first-order valence-electron chi connectivity index (χ1n) is 7.08. The van der Waals surface area contributed by atoms with Crippen LogP contribution in [0.3, 0.4) is 0 Å². The molecule has 0 spiro atoms. The van der Waals surface area contributed by atoms with Crippen molar-refractivity contribution in [3.05, 3.63) is 0 Å². The summed E-state index contributed by atoms with van der Waals surface area (Å²) in [5.41, 5.74) is 0.323. The number of aliphatic hydroxyl groups is 1. The smallest absolute Gasteiger partial charge is 0.0656 e. The molecule has 3 aliphatic rings. The zero-order chi connectivity index (χ0) is 12.6. The van der Waals surface area contributed by atoms with Crippen LogP contribution in [0, 0.1) is 28.6 Å². The largest absolute Gasteiger partial charge is 0.390 e. The molecule has 98 valence electrons. The Morgan fingerprint density at radius 2 is 1.71 bits per heavy atom. The summed E-state index contributed by atoms with van der Waals surface area (Å²) in [6, 6.07) is 0. The second-order valence-corrected chi connectivity index (χ2v) is 8.94. The van der Waals surface area contributed by atoms with Crippen molar-refractivity contribution >= 4 is 15.9 Å². The van der Waals surface area contributed by atoms with Crippen LogP contribution in [0.5, 0.6) is 0 Å². The highest BCUT2D eigenvalue weighted by molar-refractivity contribution is 9.09. The van der Waals surface area contributed by atoms with Crippen LogP contribution in [0.1, 0.15) is 53.4 Å². The molecule has 0 saturated heterocycles. The predicted octanol–water partition coefficient (Wildman–Crippen LogP) is 3.98. The van der Waals surface area contributed by atoms with Crippen molar-refractivity contribution in [3.8, 4) is 0 Å². The summed E-state index contributed by atoms with van der Waals surface area (Å²) in [5, 5.41) is 10.9. The fourth-order valence-electron chi connectivity index (χ4n) is 5.38. The Morgan fingerprint density at radius 1 is 1.06 bits per heavy atom. The van der Waals surface area contributed by atoms with Gasteiger partial charge in [0.2, 0.25) is 0 Å². The van der Waals surface area contributed by atoms with Gasteiger partial charge in [-0.3, -0.25) is 0 Å². The molecule has 0 heterocycles. The maximum absolute atomic E-state index is 10.9. The molecular weight excluding hydrogens is 276 g/mol. The van der Waals surface area contributed by atoms with Gasteiger partial charge in [0.05, 0.1) is 5.60 Å². The molecule has 6 atom stereocenters. The summed E-state index contributed by atoms with van der Waals surface area (Å²) in [4.78, 5) is 0.595. The molecule has 0 aromatic heterocycles. The summed E-state index contributed by atoms with van der Waals surface area (Å²) in [5.74, 6) is 2.10. The van der Waals surface area contributed by atoms with Crippen molar-refractivity contribution in [2.24, 2.45) is 28.6 Å². The van der Waals surface area contributed by atoms with E-state index >= 15 is 0 Å². The lowest BCUT2D eigenvalue weighted by molar-refractivity contribution is -0.118. The van der Waals surface area contributed by atoms with Gasteiger partial charge in [0.15, 0.2) is 0 Å². The van der Waals surface area contributed by atoms with Gasteiger partial charge in [0.1, 0.15) is 0 Å². The van der Waals surface area contributed by atoms with Gasteiger partial charge in [0.25, 0.3) is 0 Å². The average molecular weight is 301 g/mol. The number of alkyl halides is 1. The third-order valence-corrected chi connectivity index (χ3v) is 8.00. The zero-order valence-corrected chi connectivity index (χ0v) is 13.0. The normalized spacial score (nSPS) is 60.4. The molecular formula is C15H25BrO. The SMILES string of the molecule is CC1(C)[C@@H]2C3[C@@](C)(O)CC[C@@H](Br)[C@]3(C)CC[C@@H]21. The van der Waals surface area contributed by atoms with Crippen LogP contribution >= 0.6 is 15.9 Å². The molecule has 0 amide bonds. The summed E-state index contributed by atoms with van der Waals surface area (Å²) >= 11 is 3.91. The first-order chi connectivity index (χ1) is 7.71. The lowest BCUT2D eigenvalue weighted by atomic mass is 9.55. The summed E-state index contributed by atoms with van der Waals surface area (Å²) in [6.45, 7) is 9.31. The van der Waals surface area contributed by atoms with Crippen molar-refractivity contribution < 1.29 is 5.11 Å². The standard InChI is InChI=1S/C15H25BrO/c1-13(2)9-5-7-14(3)10(16)6-8-15(4,17)12(14)11(9)13/h9-12,17H,5-8H2,1-4H3/t9-,10+,11-,12?,14-,15-/m0/s1. The van der Waals surface area contributed by atoms with E-state index in [-0.39, 0.29) is 0 Å². The predicted molar refractivity (Wildman–Crippen MR) is 74.2 cm³/mol. The molecule has 0 bridgehead atoms. The van der Waals surface area contributed by atoms with E-state index in [1.165, 1.54) is 12.8 Å². The van der Waals surface area contributed by atoms with Gasteiger partial charge in [-0.15, -0.1) is 0 Å². The molecule has 0 aliphatic heterocycles. The monoisotopic (exact) mass is 300 g/mol. The quantitative estimate of drug-likeness (QED) is 0.671. The van der Waals surface area contributed by atoms with Crippen LogP contribution < -0.4 is 0 Å². The van der Waals surface area contributed by atoms with Crippen molar-refractivity contribution in [1.29, 1.82) is 0 Å². The van der Waals surface area contributed by atoms with Gasteiger partial charge >= 0.3 is 0 Å². The average Bonchev–Trinajstić information content (AvgIpc) is 2.75. The van der Waals surface area contributed by atoms with Gasteiger partial charge in [-0.25, -0.2) is 0 Å². The number of hydrogen-bond acceptors (Lipinski definition) is 1. The topological polar surface area (TPSA) is 20.2 Å². The molecule has 0 aromatic carbocycles. The Labute approximate surface area is 113 Å². The van der Waals surface area contributed by atoms with Gasteiger partial charge in [-0.1, -0.05) is 36.7 Å². The third kappa shape index (κ3) is 1.46. The maximum atomic E-state index is 10.9. The van der Waals surface area contributed by atoms with Crippen LogP contribution in [0.25, 0.3) is 0 Å². The molecule has 2 heteroatoms. The van der Waals surface area contributed by atoms with Crippen LogP contribution in [-0.2, 0) is 0 Å². The van der Waals surface area contributed by atoms with E-state index in [1.54, 1.807) is 0 Å². The van der Waals surface area contributed by atoms with E-state index in [0.717, 1.165) is 24.7 Å². The lowest BCUT2D eigenvalue weighted by Crippen LogP contribution is -2.55. The van der Waals surface area contributed by atoms with Crippen molar-refractivity contribution in [1.82, 2.24) is 0 Å². The van der Waals surface area contributed by atoms with E-state index in [9.17, 15) is 5.11 Å². The van der Waals surface area contributed by atoms with E-state index in [0.29, 0.717) is 21.6 Å². The van der Waals surface area contributed by atoms with E-state index in [4.69, 9.17) is 0 Å². The van der Waals surface area contributed by atoms with Gasteiger partial charge in [-0.05, 0) is 61.2 Å². The van der Waals surface area contributed by atoms with Gasteiger partial charge in [0, 0.05) is 4.83 Å². The highest BCUT2D eigenvalue weighted by Gasteiger charge is 2.71. The third-order valence-electron chi connectivity index (χ3n) is 6.49. The Morgan fingerprint density at radius 3 is 2.35 bits per heavy atom. The minimum atomic E-state index is -0.448. The summed E-state index contributed by atoms with van der Waals surface area (Å²) in [7, 11) is 0. The molecule has 0 aromatic rings. The van der Waals surface area contributed by atoms with Crippen LogP contribution in [0.15, 0.2) is 0 Å². The Hall–Kier alpha value is 0.440. The Bertz CT molecular complexity index is 349. The van der Waals surface area contributed by atoms with Crippen LogP contribution in [0.4, 0.5) is 0 Å². The highest BCUT2D eigenvalue weighted by Crippen LogP contribution is 2.74. The van der Waals surface area contributed by atoms with Crippen molar-refractivity contribution in [3.63, 3.8) is 0 Å².